The summed E-state index contributed by atoms with van der Waals surface area (Å²) in [6, 6.07) is 0.701. The maximum absolute atomic E-state index is 4.48. The van der Waals surface area contributed by atoms with Crippen LogP contribution in [0.1, 0.15) is 29.2 Å². The van der Waals surface area contributed by atoms with Crippen LogP contribution in [0, 0.1) is 6.92 Å². The first-order chi connectivity index (χ1) is 9.70. The Morgan fingerprint density at radius 2 is 2.15 bits per heavy atom. The van der Waals surface area contributed by atoms with E-state index in [9.17, 15) is 0 Å². The van der Waals surface area contributed by atoms with Crippen molar-refractivity contribution in [3.05, 3.63) is 34.2 Å². The molecular weight excluding hydrogens is 270 g/mol. The molecule has 0 saturated heterocycles. The fourth-order valence-corrected chi connectivity index (χ4v) is 2.58. The summed E-state index contributed by atoms with van der Waals surface area (Å²) >= 11 is 1.68. The second-order valence-electron chi connectivity index (χ2n) is 5.24. The molecular formula is C14H19N5S. The molecule has 1 fully saturated rings. The molecule has 0 aromatic carbocycles. The highest BCUT2D eigenvalue weighted by molar-refractivity contribution is 7.09. The van der Waals surface area contributed by atoms with Gasteiger partial charge in [-0.2, -0.15) is 0 Å². The topological polar surface area (TPSA) is 53.9 Å². The number of rotatable bonds is 6. The Morgan fingerprint density at radius 3 is 2.75 bits per heavy atom. The molecule has 1 N–H and O–H groups in total. The lowest BCUT2D eigenvalue weighted by molar-refractivity contribution is 0.671. The molecule has 0 amide bonds. The number of aromatic nitrogens is 3. The van der Waals surface area contributed by atoms with E-state index in [1.165, 1.54) is 12.8 Å². The van der Waals surface area contributed by atoms with Crippen molar-refractivity contribution in [3.63, 3.8) is 0 Å². The van der Waals surface area contributed by atoms with Gasteiger partial charge in [-0.05, 0) is 19.8 Å². The van der Waals surface area contributed by atoms with Gasteiger partial charge in [-0.25, -0.2) is 9.97 Å². The molecule has 20 heavy (non-hydrogen) atoms. The molecule has 2 heterocycles. The standard InChI is InChI=1S/C14H19N5S/c1-10-18-13(9-20-10)8-19(2)14-7-16-12(6-17-14)5-15-11-3-4-11/h6-7,9,11,15H,3-5,8H2,1-2H3. The predicted molar refractivity (Wildman–Crippen MR) is 80.9 cm³/mol. The molecule has 1 aliphatic carbocycles. The lowest BCUT2D eigenvalue weighted by atomic mass is 10.4. The number of anilines is 1. The van der Waals surface area contributed by atoms with Gasteiger partial charge in [-0.1, -0.05) is 0 Å². The predicted octanol–water partition coefficient (Wildman–Crippen LogP) is 2.13. The molecule has 0 radical (unpaired) electrons. The number of aryl methyl sites for hydroxylation is 1. The molecule has 0 bridgehead atoms. The summed E-state index contributed by atoms with van der Waals surface area (Å²) in [4.78, 5) is 15.5. The summed E-state index contributed by atoms with van der Waals surface area (Å²) in [7, 11) is 2.01. The average molecular weight is 289 g/mol. The van der Waals surface area contributed by atoms with Crippen LogP contribution in [0.4, 0.5) is 5.82 Å². The third-order valence-corrected chi connectivity index (χ3v) is 4.12. The fourth-order valence-electron chi connectivity index (χ4n) is 1.98. The smallest absolute Gasteiger partial charge is 0.147 e. The van der Waals surface area contributed by atoms with Crippen molar-refractivity contribution < 1.29 is 0 Å². The molecule has 106 valence electrons. The highest BCUT2D eigenvalue weighted by atomic mass is 32.1. The molecule has 0 aliphatic heterocycles. The van der Waals surface area contributed by atoms with Gasteiger partial charge in [0.15, 0.2) is 0 Å². The Labute approximate surface area is 123 Å². The molecule has 0 unspecified atom stereocenters. The van der Waals surface area contributed by atoms with Crippen molar-refractivity contribution in [1.29, 1.82) is 0 Å². The molecule has 2 aromatic rings. The number of hydrogen-bond acceptors (Lipinski definition) is 6. The van der Waals surface area contributed by atoms with E-state index in [4.69, 9.17) is 0 Å². The van der Waals surface area contributed by atoms with Crippen LogP contribution >= 0.6 is 11.3 Å². The summed E-state index contributed by atoms with van der Waals surface area (Å²) in [5, 5.41) is 6.63. The van der Waals surface area contributed by atoms with Gasteiger partial charge in [0.25, 0.3) is 0 Å². The van der Waals surface area contributed by atoms with Crippen LogP contribution < -0.4 is 10.2 Å². The van der Waals surface area contributed by atoms with Gasteiger partial charge in [0.2, 0.25) is 0 Å². The molecule has 5 nitrogen and oxygen atoms in total. The van der Waals surface area contributed by atoms with E-state index in [0.29, 0.717) is 6.04 Å². The Kier molecular flexibility index (Phi) is 3.93. The molecule has 6 heteroatoms. The molecule has 2 aromatic heterocycles. The van der Waals surface area contributed by atoms with Crippen LogP contribution in [0.3, 0.4) is 0 Å². The monoisotopic (exact) mass is 289 g/mol. The van der Waals surface area contributed by atoms with Crippen LogP contribution in [-0.4, -0.2) is 28.0 Å². The minimum absolute atomic E-state index is 0.701. The van der Waals surface area contributed by atoms with E-state index in [1.54, 1.807) is 11.3 Å². The molecule has 0 spiro atoms. The Bertz CT molecular complexity index is 561. The van der Waals surface area contributed by atoms with E-state index in [-0.39, 0.29) is 0 Å². The highest BCUT2D eigenvalue weighted by Crippen LogP contribution is 2.19. The average Bonchev–Trinajstić information content (AvgIpc) is 3.20. The minimum atomic E-state index is 0.701. The molecule has 0 atom stereocenters. The first-order valence-electron chi connectivity index (χ1n) is 6.87. The SMILES string of the molecule is Cc1nc(CN(C)c2cnc(CNC3CC3)cn2)cs1. The number of hydrogen-bond donors (Lipinski definition) is 1. The quantitative estimate of drug-likeness (QED) is 0.883. The molecule has 1 saturated carbocycles. The first-order valence-corrected chi connectivity index (χ1v) is 7.75. The Balaban J connectivity index is 1.57. The Hall–Kier alpha value is -1.53. The van der Waals surface area contributed by atoms with E-state index >= 15 is 0 Å². The second-order valence-corrected chi connectivity index (χ2v) is 6.30. The summed E-state index contributed by atoms with van der Waals surface area (Å²) in [6.45, 7) is 3.60. The maximum atomic E-state index is 4.48. The number of nitrogens with one attached hydrogen (secondary N) is 1. The summed E-state index contributed by atoms with van der Waals surface area (Å²) in [5.41, 5.74) is 2.08. The first kappa shape index (κ1) is 13.5. The zero-order valence-corrected chi connectivity index (χ0v) is 12.7. The van der Waals surface area contributed by atoms with Gasteiger partial charge in [0.05, 0.1) is 35.3 Å². The van der Waals surface area contributed by atoms with Crippen molar-refractivity contribution in [2.75, 3.05) is 11.9 Å². The van der Waals surface area contributed by atoms with Gasteiger partial charge in [0, 0.05) is 25.0 Å². The lowest BCUT2D eigenvalue weighted by Crippen LogP contribution is -2.20. The van der Waals surface area contributed by atoms with Gasteiger partial charge in [-0.3, -0.25) is 4.98 Å². The summed E-state index contributed by atoms with van der Waals surface area (Å²) in [5.74, 6) is 0.880. The van der Waals surface area contributed by atoms with E-state index in [2.05, 4.69) is 30.5 Å². The van der Waals surface area contributed by atoms with Gasteiger partial charge in [-0.15, -0.1) is 11.3 Å². The van der Waals surface area contributed by atoms with Crippen molar-refractivity contribution in [2.24, 2.45) is 0 Å². The minimum Gasteiger partial charge on any atom is -0.352 e. The highest BCUT2D eigenvalue weighted by Gasteiger charge is 2.20. The Morgan fingerprint density at radius 1 is 1.30 bits per heavy atom. The number of thiazole rings is 1. The van der Waals surface area contributed by atoms with E-state index < -0.39 is 0 Å². The van der Waals surface area contributed by atoms with Crippen LogP contribution in [0.25, 0.3) is 0 Å². The van der Waals surface area contributed by atoms with Crippen LogP contribution in [0.2, 0.25) is 0 Å². The zero-order chi connectivity index (χ0) is 13.9. The third-order valence-electron chi connectivity index (χ3n) is 3.30. The van der Waals surface area contributed by atoms with E-state index in [1.807, 2.05) is 26.4 Å². The van der Waals surface area contributed by atoms with Crippen molar-refractivity contribution in [3.8, 4) is 0 Å². The van der Waals surface area contributed by atoms with Crippen LogP contribution in [0.5, 0.6) is 0 Å². The summed E-state index contributed by atoms with van der Waals surface area (Å²) in [6.07, 6.45) is 6.28. The summed E-state index contributed by atoms with van der Waals surface area (Å²) < 4.78 is 0. The van der Waals surface area contributed by atoms with Crippen molar-refractivity contribution in [1.82, 2.24) is 20.3 Å². The number of nitrogens with zero attached hydrogens (tertiary/aromatic N) is 4. The largest absolute Gasteiger partial charge is 0.352 e. The van der Waals surface area contributed by atoms with Crippen LogP contribution in [0.15, 0.2) is 17.8 Å². The van der Waals surface area contributed by atoms with Crippen molar-refractivity contribution >= 4 is 17.2 Å². The second kappa shape index (κ2) is 5.85. The van der Waals surface area contributed by atoms with Crippen molar-refractivity contribution in [2.45, 2.75) is 38.9 Å². The van der Waals surface area contributed by atoms with E-state index in [0.717, 1.165) is 35.3 Å². The normalized spacial score (nSPS) is 14.5. The molecule has 1 aliphatic rings. The lowest BCUT2D eigenvalue weighted by Gasteiger charge is -2.16. The van der Waals surface area contributed by atoms with Gasteiger partial charge in [0.1, 0.15) is 5.82 Å². The zero-order valence-electron chi connectivity index (χ0n) is 11.8. The van der Waals surface area contributed by atoms with Crippen LogP contribution in [-0.2, 0) is 13.1 Å². The molecule has 3 rings (SSSR count). The van der Waals surface area contributed by atoms with Gasteiger partial charge >= 0.3 is 0 Å². The fraction of sp³-hybridized carbons (Fsp3) is 0.500. The maximum Gasteiger partial charge on any atom is 0.147 e. The third kappa shape index (κ3) is 3.52. The van der Waals surface area contributed by atoms with Gasteiger partial charge < -0.3 is 10.2 Å².